The van der Waals surface area contributed by atoms with Gasteiger partial charge in [0.25, 0.3) is 0 Å². The summed E-state index contributed by atoms with van der Waals surface area (Å²) in [6, 6.07) is 6.44. The monoisotopic (exact) mass is 238 g/mol. The van der Waals surface area contributed by atoms with Gasteiger partial charge in [0.05, 0.1) is 5.54 Å². The zero-order valence-electron chi connectivity index (χ0n) is 9.46. The normalized spacial score (nSPS) is 24.3. The van der Waals surface area contributed by atoms with Crippen LogP contribution in [0.3, 0.4) is 0 Å². The second-order valence-electron chi connectivity index (χ2n) is 4.19. The molecule has 0 saturated carbocycles. The topological polar surface area (TPSA) is 24.4 Å². The number of hydrogen-bond acceptors (Lipinski definition) is 3. The van der Waals surface area contributed by atoms with Crippen LogP contribution in [0.1, 0.15) is 20.3 Å². The number of halogens is 1. The van der Waals surface area contributed by atoms with Crippen LogP contribution in [0.25, 0.3) is 0 Å². The van der Waals surface area contributed by atoms with Crippen molar-refractivity contribution in [3.63, 3.8) is 0 Å². The average molecular weight is 238 g/mol. The Morgan fingerprint density at radius 1 is 1.56 bits per heavy atom. The number of nitrogens with one attached hydrogen (secondary N) is 1. The van der Waals surface area contributed by atoms with Crippen molar-refractivity contribution >= 4 is 22.6 Å². The highest BCUT2D eigenvalue weighted by Gasteiger charge is 2.28. The van der Waals surface area contributed by atoms with Gasteiger partial charge in [-0.15, -0.1) is 0 Å². The molecule has 2 nitrogen and oxygen atoms in total. The van der Waals surface area contributed by atoms with E-state index in [-0.39, 0.29) is 11.4 Å². The number of benzene rings is 1. The molecule has 0 aliphatic carbocycles. The molecule has 0 saturated heterocycles. The van der Waals surface area contributed by atoms with Crippen LogP contribution >= 0.6 is 11.8 Å². The summed E-state index contributed by atoms with van der Waals surface area (Å²) in [7, 11) is 0. The lowest BCUT2D eigenvalue weighted by molar-refractivity contribution is 0.523. The lowest BCUT2D eigenvalue weighted by Crippen LogP contribution is -2.20. The molecule has 0 amide bonds. The maximum Gasteiger partial charge on any atom is 0.161 e. The van der Waals surface area contributed by atoms with Crippen molar-refractivity contribution in [2.24, 2.45) is 4.99 Å². The zero-order valence-corrected chi connectivity index (χ0v) is 10.3. The Labute approximate surface area is 99.3 Å². The first-order valence-corrected chi connectivity index (χ1v) is 6.35. The number of amidine groups is 1. The van der Waals surface area contributed by atoms with Gasteiger partial charge < -0.3 is 5.32 Å². The Kier molecular flexibility index (Phi) is 3.19. The molecule has 0 aromatic heterocycles. The van der Waals surface area contributed by atoms with Gasteiger partial charge in [0.2, 0.25) is 0 Å². The van der Waals surface area contributed by atoms with E-state index in [0.29, 0.717) is 0 Å². The fraction of sp³-hybridized carbons (Fsp3) is 0.417. The number of aliphatic imine (C=N–C) groups is 1. The van der Waals surface area contributed by atoms with Crippen LogP contribution in [0.5, 0.6) is 0 Å². The van der Waals surface area contributed by atoms with Crippen molar-refractivity contribution in [2.75, 3.05) is 11.1 Å². The molecule has 0 fully saturated rings. The minimum absolute atomic E-state index is 0.0281. The standard InChI is InChI=1S/C12H15FN2S/c1-3-12(2)8-16-11(15-12)14-10-6-4-5-9(13)7-10/h4-7H,3,8H2,1-2H3,(H,14,15). The molecule has 1 aromatic carbocycles. The number of rotatable bonds is 2. The molecular weight excluding hydrogens is 223 g/mol. The van der Waals surface area contributed by atoms with Crippen molar-refractivity contribution in [3.05, 3.63) is 30.1 Å². The Balaban J connectivity index is 2.09. The summed E-state index contributed by atoms with van der Waals surface area (Å²) in [6.07, 6.45) is 1.02. The van der Waals surface area contributed by atoms with Gasteiger partial charge in [0, 0.05) is 11.4 Å². The number of hydrogen-bond donors (Lipinski definition) is 1. The molecule has 1 atom stereocenters. The summed E-state index contributed by atoms with van der Waals surface area (Å²) in [5, 5.41) is 4.03. The maximum absolute atomic E-state index is 13.0. The van der Waals surface area contributed by atoms with Crippen LogP contribution < -0.4 is 5.32 Å². The van der Waals surface area contributed by atoms with E-state index in [0.717, 1.165) is 23.0 Å². The average Bonchev–Trinajstić information content (AvgIpc) is 2.61. The fourth-order valence-corrected chi connectivity index (χ4v) is 2.66. The molecule has 4 heteroatoms. The summed E-state index contributed by atoms with van der Waals surface area (Å²) in [6.45, 7) is 4.27. The molecule has 0 spiro atoms. The predicted octanol–water partition coefficient (Wildman–Crippen LogP) is 3.51. The second kappa shape index (κ2) is 4.45. The molecule has 86 valence electrons. The van der Waals surface area contributed by atoms with Crippen molar-refractivity contribution in [3.8, 4) is 0 Å². The quantitative estimate of drug-likeness (QED) is 0.852. The third-order valence-corrected chi connectivity index (χ3v) is 3.96. The van der Waals surface area contributed by atoms with Crippen molar-refractivity contribution in [2.45, 2.75) is 25.8 Å². The van der Waals surface area contributed by atoms with Gasteiger partial charge >= 0.3 is 0 Å². The molecule has 16 heavy (non-hydrogen) atoms. The molecular formula is C12H15FN2S. The lowest BCUT2D eigenvalue weighted by atomic mass is 10.0. The van der Waals surface area contributed by atoms with Crippen molar-refractivity contribution in [1.29, 1.82) is 0 Å². The van der Waals surface area contributed by atoms with E-state index in [1.807, 2.05) is 6.07 Å². The van der Waals surface area contributed by atoms with Gasteiger partial charge in [-0.2, -0.15) is 0 Å². The Morgan fingerprint density at radius 3 is 3.00 bits per heavy atom. The van der Waals surface area contributed by atoms with Crippen LogP contribution in [0.4, 0.5) is 10.1 Å². The third-order valence-electron chi connectivity index (χ3n) is 2.73. The molecule has 2 rings (SSSR count). The van der Waals surface area contributed by atoms with Gasteiger partial charge in [-0.25, -0.2) is 4.39 Å². The van der Waals surface area contributed by atoms with Crippen molar-refractivity contribution in [1.82, 2.24) is 0 Å². The van der Waals surface area contributed by atoms with Crippen LogP contribution in [-0.4, -0.2) is 16.5 Å². The lowest BCUT2D eigenvalue weighted by Gasteiger charge is -2.15. The molecule has 1 aliphatic heterocycles. The third kappa shape index (κ3) is 2.55. The van der Waals surface area contributed by atoms with Gasteiger partial charge in [0.1, 0.15) is 5.82 Å². The van der Waals surface area contributed by atoms with E-state index >= 15 is 0 Å². The summed E-state index contributed by atoms with van der Waals surface area (Å²) < 4.78 is 13.0. The Hall–Kier alpha value is -1.03. The van der Waals surface area contributed by atoms with E-state index in [1.165, 1.54) is 12.1 Å². The minimum Gasteiger partial charge on any atom is -0.335 e. The first-order chi connectivity index (χ1) is 7.61. The zero-order chi connectivity index (χ0) is 11.6. The van der Waals surface area contributed by atoms with Crippen LogP contribution in [-0.2, 0) is 0 Å². The smallest absolute Gasteiger partial charge is 0.161 e. The van der Waals surface area contributed by atoms with E-state index in [2.05, 4.69) is 24.2 Å². The van der Waals surface area contributed by atoms with Crippen LogP contribution in [0.15, 0.2) is 29.3 Å². The van der Waals surface area contributed by atoms with E-state index in [4.69, 9.17) is 0 Å². The largest absolute Gasteiger partial charge is 0.335 e. The van der Waals surface area contributed by atoms with Crippen LogP contribution in [0.2, 0.25) is 0 Å². The Morgan fingerprint density at radius 2 is 2.38 bits per heavy atom. The summed E-state index contributed by atoms with van der Waals surface area (Å²) in [4.78, 5) is 4.61. The molecule has 1 aliphatic rings. The first-order valence-electron chi connectivity index (χ1n) is 5.36. The number of thioether (sulfide) groups is 1. The summed E-state index contributed by atoms with van der Waals surface area (Å²) in [5.41, 5.74) is 0.784. The molecule has 0 bridgehead atoms. The van der Waals surface area contributed by atoms with E-state index < -0.39 is 0 Å². The van der Waals surface area contributed by atoms with Gasteiger partial charge in [-0.1, -0.05) is 24.8 Å². The SMILES string of the molecule is CCC1(C)CSC(Nc2cccc(F)c2)=N1. The highest BCUT2D eigenvalue weighted by molar-refractivity contribution is 8.14. The summed E-state index contributed by atoms with van der Waals surface area (Å²) >= 11 is 1.69. The Bertz CT molecular complexity index is 419. The molecule has 1 heterocycles. The molecule has 1 N–H and O–H groups in total. The first kappa shape index (κ1) is 11.5. The van der Waals surface area contributed by atoms with Crippen LogP contribution in [0, 0.1) is 5.82 Å². The van der Waals surface area contributed by atoms with E-state index in [9.17, 15) is 4.39 Å². The van der Waals surface area contributed by atoms with Gasteiger partial charge in [0.15, 0.2) is 5.17 Å². The number of nitrogens with zero attached hydrogens (tertiary/aromatic N) is 1. The van der Waals surface area contributed by atoms with Crippen molar-refractivity contribution < 1.29 is 4.39 Å². The predicted molar refractivity (Wildman–Crippen MR) is 68.6 cm³/mol. The fourth-order valence-electron chi connectivity index (χ4n) is 1.47. The van der Waals surface area contributed by atoms with E-state index in [1.54, 1.807) is 17.8 Å². The second-order valence-corrected chi connectivity index (χ2v) is 5.16. The molecule has 1 unspecified atom stereocenters. The summed E-state index contributed by atoms with van der Waals surface area (Å²) in [5.74, 6) is 0.757. The number of anilines is 1. The molecule has 1 aromatic rings. The minimum atomic E-state index is -0.230. The highest BCUT2D eigenvalue weighted by Crippen LogP contribution is 2.30. The van der Waals surface area contributed by atoms with Gasteiger partial charge in [-0.05, 0) is 31.5 Å². The maximum atomic E-state index is 13.0. The highest BCUT2D eigenvalue weighted by atomic mass is 32.2. The van der Waals surface area contributed by atoms with Gasteiger partial charge in [-0.3, -0.25) is 4.99 Å². The molecule has 0 radical (unpaired) electrons.